The molecule has 0 aliphatic heterocycles. The Bertz CT molecular complexity index is 365. The van der Waals surface area contributed by atoms with E-state index < -0.39 is 5.97 Å². The molecule has 1 aromatic carbocycles. The van der Waals surface area contributed by atoms with E-state index in [2.05, 4.69) is 21.2 Å². The highest BCUT2D eigenvalue weighted by Gasteiger charge is 2.04. The van der Waals surface area contributed by atoms with Gasteiger partial charge in [-0.1, -0.05) is 12.5 Å². The largest absolute Gasteiger partial charge is 0.481 e. The molecule has 1 rings (SSSR count). The van der Waals surface area contributed by atoms with Crippen molar-refractivity contribution < 1.29 is 14.3 Å². The molecule has 0 aliphatic rings. The molecule has 17 heavy (non-hydrogen) atoms. The third-order valence-electron chi connectivity index (χ3n) is 2.33. The van der Waals surface area contributed by atoms with E-state index in [1.807, 2.05) is 0 Å². The zero-order valence-electron chi connectivity index (χ0n) is 9.38. The second kappa shape index (κ2) is 7.27. The van der Waals surface area contributed by atoms with Crippen molar-refractivity contribution in [3.63, 3.8) is 0 Å². The summed E-state index contributed by atoms with van der Waals surface area (Å²) in [5.74, 6) is -1.06. The topological polar surface area (TPSA) is 49.3 Å². The lowest BCUT2D eigenvalue weighted by molar-refractivity contribution is -0.137. The normalized spacial score (nSPS) is 10.2. The number of carbonyl (C=O) groups is 1. The summed E-state index contributed by atoms with van der Waals surface area (Å²) in [6, 6.07) is 4.81. The Hall–Kier alpha value is -1.10. The average molecular weight is 304 g/mol. The van der Waals surface area contributed by atoms with Crippen LogP contribution in [-0.2, 0) is 4.79 Å². The maximum absolute atomic E-state index is 13.4. The highest BCUT2D eigenvalue weighted by Crippen LogP contribution is 2.24. The van der Waals surface area contributed by atoms with Crippen LogP contribution in [0.2, 0.25) is 0 Å². The number of aliphatic carboxylic acids is 1. The van der Waals surface area contributed by atoms with Gasteiger partial charge in [0.05, 0.1) is 5.69 Å². The standard InChI is InChI=1S/C12H15BrFNO2/c13-9-5-4-6-10(14)12(9)15-8-3-1-2-7-11(16)17/h4-6,15H,1-3,7-8H2,(H,16,17). The first-order valence-electron chi connectivity index (χ1n) is 5.51. The number of halogens is 2. The Morgan fingerprint density at radius 3 is 2.76 bits per heavy atom. The minimum Gasteiger partial charge on any atom is -0.481 e. The Kier molecular flexibility index (Phi) is 5.97. The number of carboxylic acid groups (broad SMARTS) is 1. The first-order valence-corrected chi connectivity index (χ1v) is 6.30. The van der Waals surface area contributed by atoms with Crippen molar-refractivity contribution in [3.05, 3.63) is 28.5 Å². The third-order valence-corrected chi connectivity index (χ3v) is 2.99. The molecule has 0 heterocycles. The maximum Gasteiger partial charge on any atom is 0.303 e. The van der Waals surface area contributed by atoms with Gasteiger partial charge in [-0.2, -0.15) is 0 Å². The summed E-state index contributed by atoms with van der Waals surface area (Å²) >= 11 is 3.27. The number of carboxylic acids is 1. The molecule has 3 nitrogen and oxygen atoms in total. The monoisotopic (exact) mass is 303 g/mol. The molecule has 0 unspecified atom stereocenters. The van der Waals surface area contributed by atoms with Crippen molar-refractivity contribution in [2.45, 2.75) is 25.7 Å². The smallest absolute Gasteiger partial charge is 0.303 e. The van der Waals surface area contributed by atoms with Crippen molar-refractivity contribution >= 4 is 27.6 Å². The van der Waals surface area contributed by atoms with Gasteiger partial charge in [0.2, 0.25) is 0 Å². The van der Waals surface area contributed by atoms with Crippen molar-refractivity contribution in [2.24, 2.45) is 0 Å². The SMILES string of the molecule is O=C(O)CCCCCNc1c(F)cccc1Br. The fraction of sp³-hybridized carbons (Fsp3) is 0.417. The molecule has 0 amide bonds. The van der Waals surface area contributed by atoms with Crippen LogP contribution in [0, 0.1) is 5.82 Å². The second-order valence-corrected chi connectivity index (χ2v) is 4.58. The van der Waals surface area contributed by atoms with Gasteiger partial charge < -0.3 is 10.4 Å². The molecule has 0 atom stereocenters. The second-order valence-electron chi connectivity index (χ2n) is 3.73. The lowest BCUT2D eigenvalue weighted by atomic mass is 10.2. The van der Waals surface area contributed by atoms with E-state index in [0.29, 0.717) is 23.1 Å². The number of para-hydroxylation sites is 1. The number of rotatable bonds is 7. The van der Waals surface area contributed by atoms with E-state index in [9.17, 15) is 9.18 Å². The van der Waals surface area contributed by atoms with Gasteiger partial charge in [0.1, 0.15) is 5.82 Å². The van der Waals surface area contributed by atoms with E-state index in [0.717, 1.165) is 12.8 Å². The molecule has 0 bridgehead atoms. The number of hydrogen-bond donors (Lipinski definition) is 2. The van der Waals surface area contributed by atoms with Crippen LogP contribution in [-0.4, -0.2) is 17.6 Å². The fourth-order valence-electron chi connectivity index (χ4n) is 1.46. The van der Waals surface area contributed by atoms with Crippen LogP contribution in [0.25, 0.3) is 0 Å². The minimum absolute atomic E-state index is 0.198. The molecule has 0 spiro atoms. The van der Waals surface area contributed by atoms with Crippen LogP contribution in [0.15, 0.2) is 22.7 Å². The Morgan fingerprint density at radius 1 is 1.35 bits per heavy atom. The number of unbranched alkanes of at least 4 members (excludes halogenated alkanes) is 2. The summed E-state index contributed by atoms with van der Waals surface area (Å²) in [5, 5.41) is 11.4. The van der Waals surface area contributed by atoms with E-state index in [4.69, 9.17) is 5.11 Å². The zero-order chi connectivity index (χ0) is 12.7. The molecule has 94 valence electrons. The van der Waals surface area contributed by atoms with Crippen LogP contribution >= 0.6 is 15.9 Å². The summed E-state index contributed by atoms with van der Waals surface area (Å²) in [6.07, 6.45) is 2.51. The summed E-state index contributed by atoms with van der Waals surface area (Å²) in [7, 11) is 0. The molecule has 0 saturated heterocycles. The maximum atomic E-state index is 13.4. The Balaban J connectivity index is 2.24. The van der Waals surface area contributed by atoms with Gasteiger partial charge in [0, 0.05) is 17.4 Å². The minimum atomic E-state index is -0.769. The molecule has 0 aliphatic carbocycles. The van der Waals surface area contributed by atoms with Crippen LogP contribution in [0.1, 0.15) is 25.7 Å². The Labute approximate surface area is 108 Å². The summed E-state index contributed by atoms with van der Waals surface area (Å²) < 4.78 is 14.1. The summed E-state index contributed by atoms with van der Waals surface area (Å²) in [5.41, 5.74) is 0.464. The summed E-state index contributed by atoms with van der Waals surface area (Å²) in [6.45, 7) is 0.638. The molecular formula is C12H15BrFNO2. The van der Waals surface area contributed by atoms with E-state index >= 15 is 0 Å². The molecule has 1 aromatic rings. The Morgan fingerprint density at radius 2 is 2.12 bits per heavy atom. The predicted molar refractivity (Wildman–Crippen MR) is 68.7 cm³/mol. The summed E-state index contributed by atoms with van der Waals surface area (Å²) in [4.78, 5) is 10.3. The number of hydrogen-bond acceptors (Lipinski definition) is 2. The van der Waals surface area contributed by atoms with Crippen molar-refractivity contribution in [1.82, 2.24) is 0 Å². The molecule has 0 saturated carbocycles. The predicted octanol–water partition coefficient (Wildman–Crippen LogP) is 3.65. The van der Waals surface area contributed by atoms with E-state index in [-0.39, 0.29) is 12.2 Å². The van der Waals surface area contributed by atoms with Crippen LogP contribution in [0.5, 0.6) is 0 Å². The molecule has 0 aromatic heterocycles. The fourth-order valence-corrected chi connectivity index (χ4v) is 1.94. The first-order chi connectivity index (χ1) is 8.11. The van der Waals surface area contributed by atoms with Gasteiger partial charge in [-0.3, -0.25) is 4.79 Å². The van der Waals surface area contributed by atoms with Crippen LogP contribution in [0.3, 0.4) is 0 Å². The number of benzene rings is 1. The van der Waals surface area contributed by atoms with Gasteiger partial charge in [0.25, 0.3) is 0 Å². The molecular weight excluding hydrogens is 289 g/mol. The van der Waals surface area contributed by atoms with Crippen LogP contribution < -0.4 is 5.32 Å². The van der Waals surface area contributed by atoms with E-state index in [1.54, 1.807) is 12.1 Å². The molecule has 0 fully saturated rings. The molecule has 2 N–H and O–H groups in total. The average Bonchev–Trinajstić information content (AvgIpc) is 2.26. The molecule has 0 radical (unpaired) electrons. The van der Waals surface area contributed by atoms with Gasteiger partial charge in [-0.05, 0) is 40.9 Å². The number of anilines is 1. The molecule has 5 heteroatoms. The van der Waals surface area contributed by atoms with Crippen LogP contribution in [0.4, 0.5) is 10.1 Å². The highest BCUT2D eigenvalue weighted by molar-refractivity contribution is 9.10. The van der Waals surface area contributed by atoms with Gasteiger partial charge >= 0.3 is 5.97 Å². The first kappa shape index (κ1) is 14.0. The van der Waals surface area contributed by atoms with Gasteiger partial charge in [0.15, 0.2) is 0 Å². The third kappa shape index (κ3) is 5.17. The van der Waals surface area contributed by atoms with E-state index in [1.165, 1.54) is 6.07 Å². The lowest BCUT2D eigenvalue weighted by Crippen LogP contribution is -2.04. The lowest BCUT2D eigenvalue weighted by Gasteiger charge is -2.09. The van der Waals surface area contributed by atoms with Crippen molar-refractivity contribution in [3.8, 4) is 0 Å². The highest BCUT2D eigenvalue weighted by atomic mass is 79.9. The zero-order valence-corrected chi connectivity index (χ0v) is 11.0. The van der Waals surface area contributed by atoms with Crippen molar-refractivity contribution in [2.75, 3.05) is 11.9 Å². The van der Waals surface area contributed by atoms with Crippen molar-refractivity contribution in [1.29, 1.82) is 0 Å². The number of nitrogens with one attached hydrogen (secondary N) is 1. The quantitative estimate of drug-likeness (QED) is 0.756. The van der Waals surface area contributed by atoms with Gasteiger partial charge in [-0.15, -0.1) is 0 Å². The van der Waals surface area contributed by atoms with Gasteiger partial charge in [-0.25, -0.2) is 4.39 Å².